The van der Waals surface area contributed by atoms with E-state index >= 15 is 0 Å². The van der Waals surface area contributed by atoms with E-state index in [1.807, 2.05) is 6.07 Å². The molecule has 0 bridgehead atoms. The summed E-state index contributed by atoms with van der Waals surface area (Å²) < 4.78 is 0. The van der Waals surface area contributed by atoms with Gasteiger partial charge < -0.3 is 10.4 Å². The topological polar surface area (TPSA) is 93.4 Å². The predicted molar refractivity (Wildman–Crippen MR) is 79.0 cm³/mol. The Labute approximate surface area is 124 Å². The SMILES string of the molecule is CN(C(=O)NC(C(=O)O)C(C)(C)C)c1cccc(C#N)c1. The molecular weight excluding hydrogens is 270 g/mol. The minimum atomic E-state index is -1.09. The number of nitrogens with one attached hydrogen (secondary N) is 1. The van der Waals surface area contributed by atoms with Crippen molar-refractivity contribution in [3.8, 4) is 6.07 Å². The molecule has 1 aromatic rings. The Morgan fingerprint density at radius 3 is 2.48 bits per heavy atom. The summed E-state index contributed by atoms with van der Waals surface area (Å²) in [5.74, 6) is -1.09. The van der Waals surface area contributed by atoms with E-state index in [-0.39, 0.29) is 0 Å². The maximum absolute atomic E-state index is 12.2. The van der Waals surface area contributed by atoms with E-state index in [9.17, 15) is 14.7 Å². The van der Waals surface area contributed by atoms with Crippen LogP contribution in [0.25, 0.3) is 0 Å². The molecule has 0 aliphatic heterocycles. The molecule has 1 unspecified atom stereocenters. The molecule has 6 nitrogen and oxygen atoms in total. The summed E-state index contributed by atoms with van der Waals surface area (Å²) in [7, 11) is 1.52. The average Bonchev–Trinajstić information content (AvgIpc) is 2.42. The summed E-state index contributed by atoms with van der Waals surface area (Å²) in [5.41, 5.74) is 0.332. The molecule has 0 heterocycles. The normalized spacial score (nSPS) is 12.1. The lowest BCUT2D eigenvalue weighted by Crippen LogP contribution is -2.52. The number of nitriles is 1. The Morgan fingerprint density at radius 1 is 1.38 bits per heavy atom. The number of hydrogen-bond donors (Lipinski definition) is 2. The van der Waals surface area contributed by atoms with Crippen LogP contribution in [0.5, 0.6) is 0 Å². The lowest BCUT2D eigenvalue weighted by atomic mass is 9.87. The third-order valence-corrected chi connectivity index (χ3v) is 3.05. The van der Waals surface area contributed by atoms with Crippen molar-refractivity contribution in [3.63, 3.8) is 0 Å². The van der Waals surface area contributed by atoms with E-state index in [0.29, 0.717) is 11.3 Å². The zero-order chi connectivity index (χ0) is 16.2. The first-order chi connectivity index (χ1) is 9.66. The van der Waals surface area contributed by atoms with Crippen molar-refractivity contribution in [1.82, 2.24) is 5.32 Å². The number of carbonyl (C=O) groups is 2. The standard InChI is InChI=1S/C15H19N3O3/c1-15(2,3)12(13(19)20)17-14(21)18(4)11-7-5-6-10(8-11)9-16/h5-8,12H,1-4H3,(H,17,21)(H,19,20). The number of amides is 2. The van der Waals surface area contributed by atoms with Crippen molar-refractivity contribution in [2.45, 2.75) is 26.8 Å². The van der Waals surface area contributed by atoms with E-state index in [1.54, 1.807) is 45.0 Å². The molecular formula is C15H19N3O3. The lowest BCUT2D eigenvalue weighted by molar-refractivity contribution is -0.141. The first kappa shape index (κ1) is 16.5. The Morgan fingerprint density at radius 2 is 2.00 bits per heavy atom. The van der Waals surface area contributed by atoms with Crippen LogP contribution in [0.1, 0.15) is 26.3 Å². The van der Waals surface area contributed by atoms with Crippen LogP contribution in [0.4, 0.5) is 10.5 Å². The van der Waals surface area contributed by atoms with Crippen molar-refractivity contribution in [3.05, 3.63) is 29.8 Å². The van der Waals surface area contributed by atoms with Crippen LogP contribution in [0, 0.1) is 16.7 Å². The second-order valence-corrected chi connectivity index (χ2v) is 5.81. The Balaban J connectivity index is 2.92. The second kappa shape index (κ2) is 6.27. The summed E-state index contributed by atoms with van der Waals surface area (Å²) in [6.45, 7) is 5.22. The van der Waals surface area contributed by atoms with Gasteiger partial charge in [-0.15, -0.1) is 0 Å². The number of nitrogens with zero attached hydrogens (tertiary/aromatic N) is 2. The highest BCUT2D eigenvalue weighted by Crippen LogP contribution is 2.20. The molecule has 1 aromatic carbocycles. The maximum Gasteiger partial charge on any atom is 0.326 e. The number of aliphatic carboxylic acids is 1. The largest absolute Gasteiger partial charge is 0.480 e. The van der Waals surface area contributed by atoms with E-state index in [4.69, 9.17) is 5.26 Å². The smallest absolute Gasteiger partial charge is 0.326 e. The summed E-state index contributed by atoms with van der Waals surface area (Å²) in [6.07, 6.45) is 0. The number of anilines is 1. The predicted octanol–water partition coefficient (Wildman–Crippen LogP) is 2.20. The van der Waals surface area contributed by atoms with E-state index in [1.165, 1.54) is 11.9 Å². The number of carboxylic acids is 1. The number of carbonyl (C=O) groups excluding carboxylic acids is 1. The van der Waals surface area contributed by atoms with Gasteiger partial charge in [-0.2, -0.15) is 5.26 Å². The summed E-state index contributed by atoms with van der Waals surface area (Å²) >= 11 is 0. The van der Waals surface area contributed by atoms with Gasteiger partial charge in [-0.1, -0.05) is 26.8 Å². The highest BCUT2D eigenvalue weighted by molar-refractivity contribution is 5.94. The van der Waals surface area contributed by atoms with Crippen molar-refractivity contribution in [2.24, 2.45) is 5.41 Å². The summed E-state index contributed by atoms with van der Waals surface area (Å²) in [4.78, 5) is 24.7. The molecule has 0 spiro atoms. The van der Waals surface area contributed by atoms with Crippen molar-refractivity contribution < 1.29 is 14.7 Å². The Kier molecular flexibility index (Phi) is 4.93. The van der Waals surface area contributed by atoms with Crippen LogP contribution < -0.4 is 10.2 Å². The molecule has 0 aromatic heterocycles. The van der Waals surface area contributed by atoms with Crippen LogP contribution in [-0.2, 0) is 4.79 Å². The maximum atomic E-state index is 12.2. The van der Waals surface area contributed by atoms with Gasteiger partial charge in [0.05, 0.1) is 11.6 Å². The summed E-state index contributed by atoms with van der Waals surface area (Å²) in [5, 5.41) is 20.6. The first-order valence-electron chi connectivity index (χ1n) is 6.44. The number of carboxylic acid groups (broad SMARTS) is 1. The molecule has 1 atom stereocenters. The number of urea groups is 1. The van der Waals surface area contributed by atoms with Gasteiger partial charge in [0.25, 0.3) is 0 Å². The van der Waals surface area contributed by atoms with Gasteiger partial charge in [-0.3, -0.25) is 4.90 Å². The molecule has 2 amide bonds. The minimum Gasteiger partial charge on any atom is -0.480 e. The molecule has 0 radical (unpaired) electrons. The van der Waals surface area contributed by atoms with E-state index in [2.05, 4.69) is 5.32 Å². The number of rotatable bonds is 3. The first-order valence-corrected chi connectivity index (χ1v) is 6.44. The van der Waals surface area contributed by atoms with Gasteiger partial charge in [0, 0.05) is 12.7 Å². The fourth-order valence-corrected chi connectivity index (χ4v) is 1.77. The zero-order valence-corrected chi connectivity index (χ0v) is 12.5. The highest BCUT2D eigenvalue weighted by Gasteiger charge is 2.33. The average molecular weight is 289 g/mol. The molecule has 0 saturated heterocycles. The molecule has 21 heavy (non-hydrogen) atoms. The Hall–Kier alpha value is -2.55. The third kappa shape index (κ3) is 4.21. The van der Waals surface area contributed by atoms with Crippen LogP contribution in [-0.4, -0.2) is 30.2 Å². The lowest BCUT2D eigenvalue weighted by Gasteiger charge is -2.29. The zero-order valence-electron chi connectivity index (χ0n) is 12.5. The van der Waals surface area contributed by atoms with Crippen molar-refractivity contribution in [1.29, 1.82) is 5.26 Å². The molecule has 6 heteroatoms. The molecule has 0 saturated carbocycles. The van der Waals surface area contributed by atoms with Crippen LogP contribution in [0.3, 0.4) is 0 Å². The van der Waals surface area contributed by atoms with Crippen molar-refractivity contribution in [2.75, 3.05) is 11.9 Å². The van der Waals surface area contributed by atoms with Gasteiger partial charge in [-0.25, -0.2) is 9.59 Å². The molecule has 2 N–H and O–H groups in total. The van der Waals surface area contributed by atoms with Gasteiger partial charge >= 0.3 is 12.0 Å². The molecule has 0 aliphatic carbocycles. The second-order valence-electron chi connectivity index (χ2n) is 5.81. The molecule has 0 fully saturated rings. The minimum absolute atomic E-state index is 0.428. The molecule has 112 valence electrons. The Bertz CT molecular complexity index is 585. The van der Waals surface area contributed by atoms with Crippen LogP contribution in [0.15, 0.2) is 24.3 Å². The van der Waals surface area contributed by atoms with Crippen LogP contribution >= 0.6 is 0 Å². The van der Waals surface area contributed by atoms with Gasteiger partial charge in [0.2, 0.25) is 0 Å². The van der Waals surface area contributed by atoms with Crippen LogP contribution in [0.2, 0.25) is 0 Å². The quantitative estimate of drug-likeness (QED) is 0.892. The van der Waals surface area contributed by atoms with Crippen molar-refractivity contribution >= 4 is 17.7 Å². The van der Waals surface area contributed by atoms with E-state index < -0.39 is 23.5 Å². The summed E-state index contributed by atoms with van der Waals surface area (Å²) in [6, 6.07) is 6.98. The molecule has 1 rings (SSSR count). The number of hydrogen-bond acceptors (Lipinski definition) is 3. The van der Waals surface area contributed by atoms with Gasteiger partial charge in [-0.05, 0) is 23.6 Å². The van der Waals surface area contributed by atoms with E-state index in [0.717, 1.165) is 0 Å². The fraction of sp³-hybridized carbons (Fsp3) is 0.400. The van der Waals surface area contributed by atoms with Gasteiger partial charge in [0.15, 0.2) is 0 Å². The third-order valence-electron chi connectivity index (χ3n) is 3.05. The molecule has 0 aliphatic rings. The highest BCUT2D eigenvalue weighted by atomic mass is 16.4. The fourth-order valence-electron chi connectivity index (χ4n) is 1.77. The van der Waals surface area contributed by atoms with Gasteiger partial charge in [0.1, 0.15) is 6.04 Å². The monoisotopic (exact) mass is 289 g/mol. The number of benzene rings is 1.